The van der Waals surface area contributed by atoms with Gasteiger partial charge in [0, 0.05) is 13.6 Å². The Labute approximate surface area is 131 Å². The number of urea groups is 1. The van der Waals surface area contributed by atoms with Crippen LogP contribution in [0.1, 0.15) is 16.7 Å². The van der Waals surface area contributed by atoms with E-state index in [4.69, 9.17) is 5.84 Å². The van der Waals surface area contributed by atoms with Gasteiger partial charge in [-0.25, -0.2) is 10.6 Å². The Morgan fingerprint density at radius 2 is 1.77 bits per heavy atom. The second-order valence-corrected chi connectivity index (χ2v) is 5.35. The third-order valence-electron chi connectivity index (χ3n) is 3.67. The number of carbonyl (C=O) groups is 1. The van der Waals surface area contributed by atoms with Gasteiger partial charge in [-0.1, -0.05) is 36.4 Å². The molecule has 0 radical (unpaired) electrons. The van der Waals surface area contributed by atoms with E-state index >= 15 is 0 Å². The van der Waals surface area contributed by atoms with Crippen LogP contribution in [0.2, 0.25) is 0 Å². The number of hydrazine groups is 1. The molecule has 0 bridgehead atoms. The van der Waals surface area contributed by atoms with Crippen molar-refractivity contribution in [2.24, 2.45) is 5.84 Å². The number of hydrogen-bond donors (Lipinski definition) is 3. The minimum atomic E-state index is -0.434. The molecule has 2 rings (SSSR count). The fraction of sp³-hybridized carbons (Fsp3) is 0.235. The standard InChI is InChI=1S/C17H22N4O/c1-12-7-4-5-9-14(12)11-21(3)16-13(2)8-6-10-15(16)19-17(22)20-18/h4-10H,11,18H2,1-3H3,(H2,19,20,22). The molecule has 116 valence electrons. The number of nitrogens with one attached hydrogen (secondary N) is 2. The molecule has 22 heavy (non-hydrogen) atoms. The first-order valence-corrected chi connectivity index (χ1v) is 7.15. The number of hydrogen-bond acceptors (Lipinski definition) is 3. The molecule has 0 spiro atoms. The molecule has 0 aliphatic rings. The average Bonchev–Trinajstić information content (AvgIpc) is 2.49. The minimum absolute atomic E-state index is 0.434. The highest BCUT2D eigenvalue weighted by Gasteiger charge is 2.13. The summed E-state index contributed by atoms with van der Waals surface area (Å²) in [7, 11) is 2.01. The second kappa shape index (κ2) is 6.95. The van der Waals surface area contributed by atoms with Crippen LogP contribution in [0.25, 0.3) is 0 Å². The van der Waals surface area contributed by atoms with E-state index in [1.54, 1.807) is 0 Å². The lowest BCUT2D eigenvalue weighted by atomic mass is 10.1. The Morgan fingerprint density at radius 3 is 2.45 bits per heavy atom. The summed E-state index contributed by atoms with van der Waals surface area (Å²) in [5, 5.41) is 2.77. The lowest BCUT2D eigenvalue weighted by molar-refractivity contribution is 0.252. The van der Waals surface area contributed by atoms with Gasteiger partial charge in [0.05, 0.1) is 11.4 Å². The summed E-state index contributed by atoms with van der Waals surface area (Å²) in [6.07, 6.45) is 0. The van der Waals surface area contributed by atoms with Crippen LogP contribution in [0.3, 0.4) is 0 Å². The van der Waals surface area contributed by atoms with Crippen molar-refractivity contribution in [2.45, 2.75) is 20.4 Å². The first-order valence-electron chi connectivity index (χ1n) is 7.15. The van der Waals surface area contributed by atoms with Gasteiger partial charge in [-0.3, -0.25) is 5.43 Å². The molecule has 5 heteroatoms. The van der Waals surface area contributed by atoms with Crippen LogP contribution in [0.15, 0.2) is 42.5 Å². The van der Waals surface area contributed by atoms with Crippen LogP contribution in [0, 0.1) is 13.8 Å². The van der Waals surface area contributed by atoms with Crippen molar-refractivity contribution in [3.05, 3.63) is 59.2 Å². The number of benzene rings is 2. The van der Waals surface area contributed by atoms with Gasteiger partial charge < -0.3 is 10.2 Å². The molecule has 2 amide bonds. The van der Waals surface area contributed by atoms with Gasteiger partial charge in [0.2, 0.25) is 0 Å². The zero-order chi connectivity index (χ0) is 16.1. The molecule has 2 aromatic rings. The number of anilines is 2. The lowest BCUT2D eigenvalue weighted by Gasteiger charge is -2.25. The van der Waals surface area contributed by atoms with Gasteiger partial charge in [-0.05, 0) is 36.6 Å². The fourth-order valence-electron chi connectivity index (χ4n) is 2.55. The van der Waals surface area contributed by atoms with E-state index in [2.05, 4.69) is 34.7 Å². The van der Waals surface area contributed by atoms with E-state index in [1.165, 1.54) is 11.1 Å². The summed E-state index contributed by atoms with van der Waals surface area (Å²) in [4.78, 5) is 13.6. The highest BCUT2D eigenvalue weighted by molar-refractivity contribution is 5.93. The monoisotopic (exact) mass is 298 g/mol. The third-order valence-corrected chi connectivity index (χ3v) is 3.67. The lowest BCUT2D eigenvalue weighted by Crippen LogP contribution is -2.35. The van der Waals surface area contributed by atoms with E-state index in [-0.39, 0.29) is 0 Å². The highest BCUT2D eigenvalue weighted by Crippen LogP contribution is 2.30. The number of rotatable bonds is 4. The van der Waals surface area contributed by atoms with Gasteiger partial charge in [0.1, 0.15) is 0 Å². The van der Waals surface area contributed by atoms with E-state index in [9.17, 15) is 4.79 Å². The summed E-state index contributed by atoms with van der Waals surface area (Å²) in [5.74, 6) is 5.15. The quantitative estimate of drug-likeness (QED) is 0.462. The van der Waals surface area contributed by atoms with Crippen LogP contribution < -0.4 is 21.5 Å². The van der Waals surface area contributed by atoms with Crippen molar-refractivity contribution in [3.63, 3.8) is 0 Å². The fourth-order valence-corrected chi connectivity index (χ4v) is 2.55. The maximum Gasteiger partial charge on any atom is 0.333 e. The predicted octanol–water partition coefficient (Wildman–Crippen LogP) is 2.94. The molecule has 0 aliphatic heterocycles. The zero-order valence-electron chi connectivity index (χ0n) is 13.2. The Hall–Kier alpha value is -2.53. The smallest absolute Gasteiger partial charge is 0.333 e. The van der Waals surface area contributed by atoms with Gasteiger partial charge in [0.15, 0.2) is 0 Å². The Kier molecular flexibility index (Phi) is 5.01. The molecule has 0 heterocycles. The number of amides is 2. The van der Waals surface area contributed by atoms with Crippen molar-refractivity contribution in [2.75, 3.05) is 17.3 Å². The number of carbonyl (C=O) groups excluding carboxylic acids is 1. The van der Waals surface area contributed by atoms with Crippen molar-refractivity contribution in [1.29, 1.82) is 0 Å². The van der Waals surface area contributed by atoms with Gasteiger partial charge in [-0.15, -0.1) is 0 Å². The molecule has 2 aromatic carbocycles. The SMILES string of the molecule is Cc1ccccc1CN(C)c1c(C)cccc1NC(=O)NN. The zero-order valence-corrected chi connectivity index (χ0v) is 13.2. The predicted molar refractivity (Wildman–Crippen MR) is 90.8 cm³/mol. The first-order chi connectivity index (χ1) is 10.5. The molecule has 0 aromatic heterocycles. The minimum Gasteiger partial charge on any atom is -0.368 e. The van der Waals surface area contributed by atoms with E-state index in [1.807, 2.05) is 44.3 Å². The Morgan fingerprint density at radius 1 is 1.09 bits per heavy atom. The largest absolute Gasteiger partial charge is 0.368 e. The van der Waals surface area contributed by atoms with E-state index < -0.39 is 6.03 Å². The van der Waals surface area contributed by atoms with Crippen molar-refractivity contribution < 1.29 is 4.79 Å². The van der Waals surface area contributed by atoms with Crippen LogP contribution in [-0.4, -0.2) is 13.1 Å². The first kappa shape index (κ1) is 15.9. The van der Waals surface area contributed by atoms with Gasteiger partial charge in [-0.2, -0.15) is 0 Å². The molecule has 0 fully saturated rings. The summed E-state index contributed by atoms with van der Waals surface area (Å²) >= 11 is 0. The topological polar surface area (TPSA) is 70.4 Å². The van der Waals surface area contributed by atoms with E-state index in [0.717, 1.165) is 23.5 Å². The van der Waals surface area contributed by atoms with E-state index in [0.29, 0.717) is 0 Å². The van der Waals surface area contributed by atoms with Crippen molar-refractivity contribution in [1.82, 2.24) is 5.43 Å². The third kappa shape index (κ3) is 3.56. The van der Waals surface area contributed by atoms with Crippen LogP contribution >= 0.6 is 0 Å². The van der Waals surface area contributed by atoms with Gasteiger partial charge >= 0.3 is 6.03 Å². The Bertz CT molecular complexity index is 669. The van der Waals surface area contributed by atoms with Crippen LogP contribution in [0.5, 0.6) is 0 Å². The number of para-hydroxylation sites is 1. The molecule has 0 saturated heterocycles. The number of nitrogens with zero attached hydrogens (tertiary/aromatic N) is 1. The maximum atomic E-state index is 11.5. The summed E-state index contributed by atoms with van der Waals surface area (Å²) in [6, 6.07) is 13.6. The average molecular weight is 298 g/mol. The highest BCUT2D eigenvalue weighted by atomic mass is 16.2. The molecule has 0 unspecified atom stereocenters. The molecule has 4 N–H and O–H groups in total. The molecular formula is C17H22N4O. The second-order valence-electron chi connectivity index (χ2n) is 5.35. The molecule has 0 atom stereocenters. The van der Waals surface area contributed by atoms with Crippen molar-refractivity contribution >= 4 is 17.4 Å². The Balaban J connectivity index is 2.30. The number of aryl methyl sites for hydroxylation is 2. The van der Waals surface area contributed by atoms with Crippen molar-refractivity contribution in [3.8, 4) is 0 Å². The molecular weight excluding hydrogens is 276 g/mol. The van der Waals surface area contributed by atoms with Crippen LogP contribution in [0.4, 0.5) is 16.2 Å². The maximum absolute atomic E-state index is 11.5. The summed E-state index contributed by atoms with van der Waals surface area (Å²) < 4.78 is 0. The number of nitrogens with two attached hydrogens (primary N) is 1. The summed E-state index contributed by atoms with van der Waals surface area (Å²) in [5.41, 5.74) is 7.39. The molecule has 0 aliphatic carbocycles. The van der Waals surface area contributed by atoms with Gasteiger partial charge in [0.25, 0.3) is 0 Å². The normalized spacial score (nSPS) is 10.2. The molecule has 5 nitrogen and oxygen atoms in total. The van der Waals surface area contributed by atoms with Crippen LogP contribution in [-0.2, 0) is 6.54 Å². The molecule has 0 saturated carbocycles. The summed E-state index contributed by atoms with van der Waals surface area (Å²) in [6.45, 7) is 4.88.